The third kappa shape index (κ3) is 5.20. The molecule has 258 valence electrons. The molecule has 0 fully saturated rings. The standard InChI is InChI=1S/C52H34N2O/c1-2-10-35(11-3-1)36-18-26-40(27-19-36)53(43-32-24-39-25-33-51-52(47(39)34-43)46-14-6-9-17-50(46)55-51)41-28-20-37(21-29-41)38-22-30-42(31-23-38)54-48-15-7-4-12-44(48)45-13-5-8-16-49(45)54/h1-34H. The van der Waals surface area contributed by atoms with Crippen molar-refractivity contribution in [3.05, 3.63) is 206 Å². The molecule has 3 nitrogen and oxygen atoms in total. The minimum Gasteiger partial charge on any atom is -0.456 e. The zero-order valence-corrected chi connectivity index (χ0v) is 29.9. The predicted octanol–water partition coefficient (Wildman–Crippen LogP) is 14.6. The fourth-order valence-corrected chi connectivity index (χ4v) is 8.36. The topological polar surface area (TPSA) is 21.3 Å². The molecule has 0 amide bonds. The summed E-state index contributed by atoms with van der Waals surface area (Å²) in [6, 6.07) is 73.9. The molecule has 2 heterocycles. The minimum absolute atomic E-state index is 0.901. The molecule has 0 aliphatic heterocycles. The van der Waals surface area contributed by atoms with Crippen LogP contribution >= 0.6 is 0 Å². The Kier molecular flexibility index (Phi) is 7.17. The van der Waals surface area contributed by atoms with E-state index in [0.717, 1.165) is 44.7 Å². The SMILES string of the molecule is c1ccc(-c2ccc(N(c3ccc(-c4ccc(-n5c6ccccc6c6ccccc65)cc4)cc3)c3ccc4ccc5oc6ccccc6c5c4c3)cc2)cc1. The maximum Gasteiger partial charge on any atom is 0.136 e. The van der Waals surface area contributed by atoms with E-state index >= 15 is 0 Å². The van der Waals surface area contributed by atoms with Gasteiger partial charge in [0.1, 0.15) is 11.2 Å². The average molecular weight is 703 g/mol. The van der Waals surface area contributed by atoms with Crippen LogP contribution in [0.5, 0.6) is 0 Å². The van der Waals surface area contributed by atoms with Crippen molar-refractivity contribution in [2.24, 2.45) is 0 Å². The number of hydrogen-bond donors (Lipinski definition) is 0. The summed E-state index contributed by atoms with van der Waals surface area (Å²) in [4.78, 5) is 2.35. The summed E-state index contributed by atoms with van der Waals surface area (Å²) in [5.74, 6) is 0. The van der Waals surface area contributed by atoms with Gasteiger partial charge in [0.15, 0.2) is 0 Å². The van der Waals surface area contributed by atoms with Crippen molar-refractivity contribution in [3.8, 4) is 27.9 Å². The highest BCUT2D eigenvalue weighted by atomic mass is 16.3. The first-order valence-corrected chi connectivity index (χ1v) is 18.8. The lowest BCUT2D eigenvalue weighted by Crippen LogP contribution is -2.09. The Labute approximate surface area is 318 Å². The van der Waals surface area contributed by atoms with Crippen LogP contribution in [0.25, 0.3) is 82.5 Å². The number of hydrogen-bond acceptors (Lipinski definition) is 2. The molecule has 11 aromatic rings. The molecule has 2 aromatic heterocycles. The lowest BCUT2D eigenvalue weighted by Gasteiger charge is -2.26. The first kappa shape index (κ1) is 31.2. The molecule has 9 aromatic carbocycles. The maximum absolute atomic E-state index is 6.29. The van der Waals surface area contributed by atoms with E-state index in [2.05, 4.69) is 204 Å². The zero-order valence-electron chi connectivity index (χ0n) is 29.9. The number of anilines is 3. The summed E-state index contributed by atoms with van der Waals surface area (Å²) in [6.07, 6.45) is 0. The first-order chi connectivity index (χ1) is 27.3. The molecule has 0 atom stereocenters. The maximum atomic E-state index is 6.29. The van der Waals surface area contributed by atoms with Crippen LogP contribution in [0.4, 0.5) is 17.1 Å². The van der Waals surface area contributed by atoms with Gasteiger partial charge in [-0.15, -0.1) is 0 Å². The Balaban J connectivity index is 0.998. The van der Waals surface area contributed by atoms with Gasteiger partial charge in [-0.2, -0.15) is 0 Å². The molecule has 0 saturated heterocycles. The van der Waals surface area contributed by atoms with Crippen molar-refractivity contribution >= 4 is 71.6 Å². The highest BCUT2D eigenvalue weighted by Gasteiger charge is 2.17. The lowest BCUT2D eigenvalue weighted by atomic mass is 10.0. The van der Waals surface area contributed by atoms with E-state index < -0.39 is 0 Å². The van der Waals surface area contributed by atoms with Gasteiger partial charge in [-0.05, 0) is 106 Å². The smallest absolute Gasteiger partial charge is 0.136 e. The molecule has 0 saturated carbocycles. The lowest BCUT2D eigenvalue weighted by molar-refractivity contribution is 0.669. The first-order valence-electron chi connectivity index (χ1n) is 18.8. The van der Waals surface area contributed by atoms with E-state index in [0.29, 0.717) is 0 Å². The van der Waals surface area contributed by atoms with Crippen LogP contribution in [0.15, 0.2) is 211 Å². The summed E-state index contributed by atoms with van der Waals surface area (Å²) in [7, 11) is 0. The van der Waals surface area contributed by atoms with E-state index in [1.165, 1.54) is 54.8 Å². The number of nitrogens with zero attached hydrogens (tertiary/aromatic N) is 2. The van der Waals surface area contributed by atoms with Gasteiger partial charge in [0.05, 0.1) is 11.0 Å². The van der Waals surface area contributed by atoms with Crippen molar-refractivity contribution in [2.75, 3.05) is 4.90 Å². The fourth-order valence-electron chi connectivity index (χ4n) is 8.36. The Morgan fingerprint density at radius 2 is 0.836 bits per heavy atom. The Hall–Kier alpha value is -7.36. The Morgan fingerprint density at radius 3 is 1.47 bits per heavy atom. The molecule has 0 N–H and O–H groups in total. The molecule has 0 aliphatic carbocycles. The van der Waals surface area contributed by atoms with Gasteiger partial charge >= 0.3 is 0 Å². The van der Waals surface area contributed by atoms with Gasteiger partial charge in [-0.1, -0.05) is 133 Å². The second-order valence-electron chi connectivity index (χ2n) is 14.2. The summed E-state index contributed by atoms with van der Waals surface area (Å²) in [5.41, 5.74) is 13.4. The molecule has 0 radical (unpaired) electrons. The third-order valence-electron chi connectivity index (χ3n) is 11.0. The molecule has 0 aliphatic rings. The molecule has 0 spiro atoms. The van der Waals surface area contributed by atoms with Gasteiger partial charge in [0.25, 0.3) is 0 Å². The van der Waals surface area contributed by atoms with E-state index in [-0.39, 0.29) is 0 Å². The number of benzene rings is 9. The van der Waals surface area contributed by atoms with Crippen LogP contribution in [0.2, 0.25) is 0 Å². The molecule has 55 heavy (non-hydrogen) atoms. The fraction of sp³-hybridized carbons (Fsp3) is 0. The third-order valence-corrected chi connectivity index (χ3v) is 11.0. The summed E-state index contributed by atoms with van der Waals surface area (Å²) < 4.78 is 8.65. The molecular weight excluding hydrogens is 669 g/mol. The average Bonchev–Trinajstić information content (AvgIpc) is 3.81. The molecule has 0 bridgehead atoms. The van der Waals surface area contributed by atoms with Crippen LogP contribution in [0, 0.1) is 0 Å². The molecular formula is C52H34N2O. The number of aromatic nitrogens is 1. The van der Waals surface area contributed by atoms with E-state index in [4.69, 9.17) is 4.42 Å². The summed E-state index contributed by atoms with van der Waals surface area (Å²) >= 11 is 0. The normalized spacial score (nSPS) is 11.6. The van der Waals surface area contributed by atoms with Crippen LogP contribution in [-0.4, -0.2) is 4.57 Å². The predicted molar refractivity (Wildman–Crippen MR) is 231 cm³/mol. The van der Waals surface area contributed by atoms with Crippen LogP contribution in [0.1, 0.15) is 0 Å². The molecule has 3 heteroatoms. The van der Waals surface area contributed by atoms with Gasteiger partial charge < -0.3 is 13.9 Å². The van der Waals surface area contributed by atoms with E-state index in [1.54, 1.807) is 0 Å². The van der Waals surface area contributed by atoms with Crippen molar-refractivity contribution in [3.63, 3.8) is 0 Å². The number of fused-ring (bicyclic) bond motifs is 8. The van der Waals surface area contributed by atoms with Crippen LogP contribution in [0.3, 0.4) is 0 Å². The van der Waals surface area contributed by atoms with Gasteiger partial charge in [0.2, 0.25) is 0 Å². The second-order valence-corrected chi connectivity index (χ2v) is 14.2. The largest absolute Gasteiger partial charge is 0.456 e. The second kappa shape index (κ2) is 12.6. The van der Waals surface area contributed by atoms with Gasteiger partial charge in [0, 0.05) is 44.3 Å². The van der Waals surface area contributed by atoms with Crippen LogP contribution in [-0.2, 0) is 0 Å². The number of para-hydroxylation sites is 3. The number of rotatable bonds is 6. The van der Waals surface area contributed by atoms with Gasteiger partial charge in [-0.3, -0.25) is 0 Å². The van der Waals surface area contributed by atoms with Crippen molar-refractivity contribution in [1.82, 2.24) is 4.57 Å². The quantitative estimate of drug-likeness (QED) is 0.172. The molecule has 0 unspecified atom stereocenters. The minimum atomic E-state index is 0.901. The van der Waals surface area contributed by atoms with E-state index in [1.807, 2.05) is 12.1 Å². The van der Waals surface area contributed by atoms with Gasteiger partial charge in [-0.25, -0.2) is 0 Å². The van der Waals surface area contributed by atoms with Crippen LogP contribution < -0.4 is 4.90 Å². The summed E-state index contributed by atoms with van der Waals surface area (Å²) in [6.45, 7) is 0. The number of furan rings is 1. The summed E-state index contributed by atoms with van der Waals surface area (Å²) in [5, 5.41) is 7.17. The Bertz CT molecular complexity index is 3120. The van der Waals surface area contributed by atoms with Crippen molar-refractivity contribution in [1.29, 1.82) is 0 Å². The van der Waals surface area contributed by atoms with E-state index in [9.17, 15) is 0 Å². The molecule has 11 rings (SSSR count). The van der Waals surface area contributed by atoms with Crippen molar-refractivity contribution in [2.45, 2.75) is 0 Å². The van der Waals surface area contributed by atoms with Crippen molar-refractivity contribution < 1.29 is 4.42 Å². The highest BCUT2D eigenvalue weighted by Crippen LogP contribution is 2.41. The Morgan fingerprint density at radius 1 is 0.345 bits per heavy atom. The monoisotopic (exact) mass is 702 g/mol. The zero-order chi connectivity index (χ0) is 36.3. The highest BCUT2D eigenvalue weighted by molar-refractivity contribution is 6.19.